The number of hydrogen-bond donors (Lipinski definition) is 2. The molecule has 0 heterocycles. The SMILES string of the molecule is O=C(O)Cc1ccccc1NC(=O)C(F)(F)C(F)(F)F. The summed E-state index contributed by atoms with van der Waals surface area (Å²) in [4.78, 5) is 21.5. The van der Waals surface area contributed by atoms with Crippen LogP contribution in [0.2, 0.25) is 0 Å². The predicted octanol–water partition coefficient (Wildman–Crippen LogP) is 2.45. The van der Waals surface area contributed by atoms with Gasteiger partial charge in [0.2, 0.25) is 0 Å². The molecule has 0 aliphatic heterocycles. The summed E-state index contributed by atoms with van der Waals surface area (Å²) in [5, 5.41) is 9.96. The number of carboxylic acid groups (broad SMARTS) is 1. The first-order valence-electron chi connectivity index (χ1n) is 5.11. The van der Waals surface area contributed by atoms with Gasteiger partial charge in [0.25, 0.3) is 0 Å². The average molecular weight is 297 g/mol. The van der Waals surface area contributed by atoms with Gasteiger partial charge in [0, 0.05) is 5.69 Å². The number of carbonyl (C=O) groups is 2. The van der Waals surface area contributed by atoms with Crippen LogP contribution in [0.5, 0.6) is 0 Å². The molecule has 2 N–H and O–H groups in total. The largest absolute Gasteiger partial charge is 0.481 e. The summed E-state index contributed by atoms with van der Waals surface area (Å²) in [7, 11) is 0. The maximum Gasteiger partial charge on any atom is 0.463 e. The Balaban J connectivity index is 3.00. The van der Waals surface area contributed by atoms with Crippen molar-refractivity contribution in [1.82, 2.24) is 0 Å². The molecule has 0 radical (unpaired) electrons. The summed E-state index contributed by atoms with van der Waals surface area (Å²) >= 11 is 0. The first-order valence-corrected chi connectivity index (χ1v) is 5.11. The minimum atomic E-state index is -6.03. The fraction of sp³-hybridized carbons (Fsp3) is 0.273. The molecule has 1 amide bonds. The molecule has 0 bridgehead atoms. The fourth-order valence-electron chi connectivity index (χ4n) is 1.29. The first kappa shape index (κ1) is 15.9. The second kappa shape index (κ2) is 5.43. The van der Waals surface area contributed by atoms with E-state index in [0.29, 0.717) is 0 Å². The molecule has 0 unspecified atom stereocenters. The Kier molecular flexibility index (Phi) is 4.31. The average Bonchev–Trinajstić information content (AvgIpc) is 2.29. The predicted molar refractivity (Wildman–Crippen MR) is 57.4 cm³/mol. The lowest BCUT2D eigenvalue weighted by Crippen LogP contribution is -2.47. The Morgan fingerprint density at radius 3 is 2.15 bits per heavy atom. The Hall–Kier alpha value is -2.19. The summed E-state index contributed by atoms with van der Waals surface area (Å²) in [5.41, 5.74) is -0.504. The quantitative estimate of drug-likeness (QED) is 0.839. The van der Waals surface area contributed by atoms with Crippen molar-refractivity contribution >= 4 is 17.6 Å². The summed E-state index contributed by atoms with van der Waals surface area (Å²) in [6.45, 7) is 0. The number of anilines is 1. The number of benzene rings is 1. The maximum atomic E-state index is 12.8. The van der Waals surface area contributed by atoms with Crippen molar-refractivity contribution in [2.45, 2.75) is 18.5 Å². The summed E-state index contributed by atoms with van der Waals surface area (Å²) in [6, 6.07) is 4.83. The van der Waals surface area contributed by atoms with E-state index in [2.05, 4.69) is 0 Å². The summed E-state index contributed by atoms with van der Waals surface area (Å²) < 4.78 is 61.5. The molecule has 0 aromatic heterocycles. The molecule has 0 spiro atoms. The first-order chi connectivity index (χ1) is 9.05. The number of rotatable bonds is 4. The summed E-state index contributed by atoms with van der Waals surface area (Å²) in [6.07, 6.45) is -6.66. The Morgan fingerprint density at radius 2 is 1.65 bits per heavy atom. The molecule has 20 heavy (non-hydrogen) atoms. The molecular formula is C11H8F5NO3. The third kappa shape index (κ3) is 3.43. The number of alkyl halides is 5. The molecule has 0 saturated heterocycles. The topological polar surface area (TPSA) is 66.4 Å². The number of para-hydroxylation sites is 1. The molecular weight excluding hydrogens is 289 g/mol. The molecule has 1 aromatic rings. The summed E-state index contributed by atoms with van der Waals surface area (Å²) in [5.74, 6) is -9.46. The van der Waals surface area contributed by atoms with E-state index in [1.165, 1.54) is 23.5 Å². The zero-order valence-electron chi connectivity index (χ0n) is 9.67. The van der Waals surface area contributed by atoms with Gasteiger partial charge in [0.1, 0.15) is 0 Å². The Bertz CT molecular complexity index is 527. The van der Waals surface area contributed by atoms with Crippen LogP contribution in [0.15, 0.2) is 24.3 Å². The van der Waals surface area contributed by atoms with E-state index in [1.54, 1.807) is 0 Å². The van der Waals surface area contributed by atoms with Crippen LogP contribution in [0.1, 0.15) is 5.56 Å². The number of hydrogen-bond acceptors (Lipinski definition) is 2. The van der Waals surface area contributed by atoms with Crippen LogP contribution in [0, 0.1) is 0 Å². The van der Waals surface area contributed by atoms with E-state index >= 15 is 0 Å². The third-order valence-electron chi connectivity index (χ3n) is 2.25. The highest BCUT2D eigenvalue weighted by Gasteiger charge is 2.63. The van der Waals surface area contributed by atoms with Crippen molar-refractivity contribution in [3.05, 3.63) is 29.8 Å². The zero-order chi connectivity index (χ0) is 15.6. The van der Waals surface area contributed by atoms with Gasteiger partial charge in [-0.05, 0) is 11.6 Å². The van der Waals surface area contributed by atoms with Gasteiger partial charge in [-0.3, -0.25) is 9.59 Å². The van der Waals surface area contributed by atoms with Gasteiger partial charge in [-0.2, -0.15) is 22.0 Å². The highest BCUT2D eigenvalue weighted by Crippen LogP contribution is 2.36. The van der Waals surface area contributed by atoms with Crippen LogP contribution in [-0.2, 0) is 16.0 Å². The van der Waals surface area contributed by atoms with E-state index in [4.69, 9.17) is 5.11 Å². The number of nitrogens with one attached hydrogen (secondary N) is 1. The number of carboxylic acids is 1. The number of amides is 1. The minimum absolute atomic E-state index is 0.0914. The lowest BCUT2D eigenvalue weighted by molar-refractivity contribution is -0.267. The van der Waals surface area contributed by atoms with E-state index in [-0.39, 0.29) is 5.56 Å². The van der Waals surface area contributed by atoms with E-state index in [1.807, 2.05) is 0 Å². The van der Waals surface area contributed by atoms with Crippen LogP contribution < -0.4 is 5.32 Å². The van der Waals surface area contributed by atoms with E-state index in [0.717, 1.165) is 6.07 Å². The van der Waals surface area contributed by atoms with Gasteiger partial charge in [-0.1, -0.05) is 18.2 Å². The van der Waals surface area contributed by atoms with Crippen molar-refractivity contribution in [3.63, 3.8) is 0 Å². The van der Waals surface area contributed by atoms with Crippen LogP contribution in [0.25, 0.3) is 0 Å². The fourth-order valence-corrected chi connectivity index (χ4v) is 1.29. The highest BCUT2D eigenvalue weighted by atomic mass is 19.4. The number of aliphatic carboxylic acids is 1. The lowest BCUT2D eigenvalue weighted by atomic mass is 10.1. The molecule has 9 heteroatoms. The molecule has 0 saturated carbocycles. The van der Waals surface area contributed by atoms with Gasteiger partial charge >= 0.3 is 24.0 Å². The monoisotopic (exact) mass is 297 g/mol. The molecule has 0 aliphatic carbocycles. The van der Waals surface area contributed by atoms with Crippen LogP contribution in [0.3, 0.4) is 0 Å². The molecule has 1 rings (SSSR count). The van der Waals surface area contributed by atoms with Crippen molar-refractivity contribution in [2.75, 3.05) is 5.32 Å². The number of halogens is 5. The molecule has 0 atom stereocenters. The Labute approximate surface area is 109 Å². The van der Waals surface area contributed by atoms with Gasteiger partial charge in [-0.15, -0.1) is 0 Å². The molecule has 110 valence electrons. The molecule has 0 fully saturated rings. The second-order valence-corrected chi connectivity index (χ2v) is 3.75. The minimum Gasteiger partial charge on any atom is -0.481 e. The smallest absolute Gasteiger partial charge is 0.463 e. The maximum absolute atomic E-state index is 12.8. The van der Waals surface area contributed by atoms with E-state index in [9.17, 15) is 31.5 Å². The van der Waals surface area contributed by atoms with Crippen molar-refractivity contribution in [3.8, 4) is 0 Å². The van der Waals surface area contributed by atoms with Crippen molar-refractivity contribution in [1.29, 1.82) is 0 Å². The highest BCUT2D eigenvalue weighted by molar-refractivity contribution is 5.97. The van der Waals surface area contributed by atoms with Gasteiger partial charge in [0.15, 0.2) is 0 Å². The standard InChI is InChI=1S/C11H8F5NO3/c12-10(13,11(14,15)16)9(20)17-7-4-2-1-3-6(7)5-8(18)19/h1-4H,5H2,(H,17,20)(H,18,19). The van der Waals surface area contributed by atoms with Crippen LogP contribution in [-0.4, -0.2) is 29.1 Å². The van der Waals surface area contributed by atoms with Crippen LogP contribution >= 0.6 is 0 Å². The van der Waals surface area contributed by atoms with Gasteiger partial charge in [-0.25, -0.2) is 0 Å². The second-order valence-electron chi connectivity index (χ2n) is 3.75. The lowest BCUT2D eigenvalue weighted by Gasteiger charge is -2.19. The van der Waals surface area contributed by atoms with E-state index < -0.39 is 36.1 Å². The van der Waals surface area contributed by atoms with Crippen molar-refractivity contribution in [2.24, 2.45) is 0 Å². The molecule has 1 aromatic carbocycles. The van der Waals surface area contributed by atoms with Gasteiger partial charge in [0.05, 0.1) is 6.42 Å². The molecule has 4 nitrogen and oxygen atoms in total. The third-order valence-corrected chi connectivity index (χ3v) is 2.25. The van der Waals surface area contributed by atoms with Gasteiger partial charge < -0.3 is 10.4 Å². The van der Waals surface area contributed by atoms with Crippen molar-refractivity contribution < 1.29 is 36.6 Å². The Morgan fingerprint density at radius 1 is 1.10 bits per heavy atom. The number of carbonyl (C=O) groups excluding carboxylic acids is 1. The molecule has 0 aliphatic rings. The van der Waals surface area contributed by atoms with Crippen LogP contribution in [0.4, 0.5) is 27.6 Å². The normalized spacial score (nSPS) is 12.1. The zero-order valence-corrected chi connectivity index (χ0v) is 9.67.